The van der Waals surface area contributed by atoms with Crippen molar-refractivity contribution < 1.29 is 14.7 Å². The fraction of sp³-hybridized carbons (Fsp3) is 0. The van der Waals surface area contributed by atoms with Crippen LogP contribution in [0.1, 0.15) is 20.8 Å². The Morgan fingerprint density at radius 2 is 2.00 bits per heavy atom. The van der Waals surface area contributed by atoms with Crippen molar-refractivity contribution in [2.75, 3.05) is 5.32 Å². The van der Waals surface area contributed by atoms with Gasteiger partial charge in [0, 0.05) is 11.6 Å². The second kappa shape index (κ2) is 5.04. The second-order valence-electron chi connectivity index (χ2n) is 4.30. The summed E-state index contributed by atoms with van der Waals surface area (Å²) in [6.07, 6.45) is 2.64. The number of carboxylic acids is 1. The molecule has 0 radical (unpaired) electrons. The number of hydrogen-bond acceptors (Lipinski definition) is 4. The molecule has 7 nitrogen and oxygen atoms in total. The van der Waals surface area contributed by atoms with Crippen molar-refractivity contribution in [2.24, 2.45) is 0 Å². The molecule has 0 aliphatic heterocycles. The Labute approximate surface area is 118 Å². The van der Waals surface area contributed by atoms with E-state index in [1.807, 2.05) is 6.07 Å². The minimum Gasteiger partial charge on any atom is -0.478 e. The number of H-pyrrole nitrogens is 1. The van der Waals surface area contributed by atoms with Gasteiger partial charge in [0.05, 0.1) is 23.0 Å². The molecule has 0 atom stereocenters. The van der Waals surface area contributed by atoms with Gasteiger partial charge in [0.15, 0.2) is 5.69 Å². The maximum atomic E-state index is 12.2. The molecular formula is C14H10N4O3. The Morgan fingerprint density at radius 3 is 2.81 bits per heavy atom. The molecule has 7 heteroatoms. The predicted molar refractivity (Wildman–Crippen MR) is 75.2 cm³/mol. The number of aromatic amines is 1. The van der Waals surface area contributed by atoms with Gasteiger partial charge in [-0.25, -0.2) is 4.79 Å². The van der Waals surface area contributed by atoms with E-state index in [-0.39, 0.29) is 16.9 Å². The highest BCUT2D eigenvalue weighted by Crippen LogP contribution is 2.18. The van der Waals surface area contributed by atoms with Crippen LogP contribution in [0, 0.1) is 0 Å². The molecule has 0 fully saturated rings. The molecular weight excluding hydrogens is 272 g/mol. The summed E-state index contributed by atoms with van der Waals surface area (Å²) in [5, 5.41) is 19.0. The topological polar surface area (TPSA) is 108 Å². The molecule has 21 heavy (non-hydrogen) atoms. The molecule has 104 valence electrons. The van der Waals surface area contributed by atoms with Crippen LogP contribution >= 0.6 is 0 Å². The molecule has 0 saturated heterocycles. The van der Waals surface area contributed by atoms with Gasteiger partial charge in [0.2, 0.25) is 0 Å². The molecule has 1 aromatic carbocycles. The van der Waals surface area contributed by atoms with Gasteiger partial charge < -0.3 is 10.4 Å². The van der Waals surface area contributed by atoms with E-state index in [1.54, 1.807) is 18.2 Å². The van der Waals surface area contributed by atoms with E-state index in [0.29, 0.717) is 5.39 Å². The number of carbonyl (C=O) groups excluding carboxylic acids is 1. The van der Waals surface area contributed by atoms with Crippen LogP contribution in [-0.4, -0.2) is 32.2 Å². The number of nitrogens with zero attached hydrogens (tertiary/aromatic N) is 2. The zero-order valence-electron chi connectivity index (χ0n) is 10.7. The molecule has 3 aromatic rings. The number of aromatic carboxylic acids is 1. The third-order valence-corrected chi connectivity index (χ3v) is 2.99. The average molecular weight is 282 g/mol. The maximum absolute atomic E-state index is 12.2. The zero-order chi connectivity index (χ0) is 14.8. The van der Waals surface area contributed by atoms with Crippen molar-refractivity contribution >= 4 is 28.5 Å². The summed E-state index contributed by atoms with van der Waals surface area (Å²) in [6, 6.07) is 8.49. The molecule has 0 spiro atoms. The number of para-hydroxylation sites is 1. The number of anilines is 1. The van der Waals surface area contributed by atoms with E-state index < -0.39 is 11.9 Å². The van der Waals surface area contributed by atoms with Gasteiger partial charge in [-0.05, 0) is 12.1 Å². The number of amides is 1. The number of nitrogens with one attached hydrogen (secondary N) is 2. The minimum atomic E-state index is -1.14. The van der Waals surface area contributed by atoms with Crippen LogP contribution in [0.15, 0.2) is 42.7 Å². The number of rotatable bonds is 3. The van der Waals surface area contributed by atoms with Crippen molar-refractivity contribution in [3.63, 3.8) is 0 Å². The first-order chi connectivity index (χ1) is 10.2. The molecule has 0 bridgehead atoms. The van der Waals surface area contributed by atoms with Gasteiger partial charge in [-0.15, -0.1) is 0 Å². The lowest BCUT2D eigenvalue weighted by Crippen LogP contribution is -2.15. The van der Waals surface area contributed by atoms with Crippen molar-refractivity contribution in [3.8, 4) is 0 Å². The summed E-state index contributed by atoms with van der Waals surface area (Å²) < 4.78 is 0. The van der Waals surface area contributed by atoms with E-state index in [1.165, 1.54) is 18.5 Å². The molecule has 0 aliphatic carbocycles. The Bertz CT molecular complexity index is 841. The number of hydrogen-bond donors (Lipinski definition) is 3. The maximum Gasteiger partial charge on any atom is 0.337 e. The van der Waals surface area contributed by atoms with Gasteiger partial charge in [0.1, 0.15) is 0 Å². The van der Waals surface area contributed by atoms with E-state index in [2.05, 4.69) is 20.5 Å². The Kier molecular flexibility index (Phi) is 3.07. The van der Waals surface area contributed by atoms with Gasteiger partial charge in [-0.2, -0.15) is 5.10 Å². The lowest BCUT2D eigenvalue weighted by molar-refractivity contribution is 0.0698. The summed E-state index contributed by atoms with van der Waals surface area (Å²) >= 11 is 0. The number of carboxylic acid groups (broad SMARTS) is 1. The van der Waals surface area contributed by atoms with Crippen LogP contribution in [0.2, 0.25) is 0 Å². The summed E-state index contributed by atoms with van der Waals surface area (Å²) in [5.74, 6) is -1.64. The third-order valence-electron chi connectivity index (χ3n) is 2.99. The van der Waals surface area contributed by atoms with Crippen molar-refractivity contribution in [1.82, 2.24) is 15.2 Å². The highest BCUT2D eigenvalue weighted by molar-refractivity contribution is 6.12. The molecule has 0 unspecified atom stereocenters. The number of carbonyl (C=O) groups is 2. The molecule has 0 aliphatic rings. The SMILES string of the molecule is O=C(O)c1ccncc1NC(=O)c1n[nH]c2ccccc12. The third kappa shape index (κ3) is 2.32. The van der Waals surface area contributed by atoms with Crippen LogP contribution < -0.4 is 5.32 Å². The fourth-order valence-corrected chi connectivity index (χ4v) is 2.00. The van der Waals surface area contributed by atoms with Gasteiger partial charge >= 0.3 is 5.97 Å². The van der Waals surface area contributed by atoms with Crippen LogP contribution in [-0.2, 0) is 0 Å². The number of aromatic nitrogens is 3. The quantitative estimate of drug-likeness (QED) is 0.680. The highest BCUT2D eigenvalue weighted by Gasteiger charge is 2.17. The summed E-state index contributed by atoms with van der Waals surface area (Å²) in [6.45, 7) is 0. The van der Waals surface area contributed by atoms with Crippen molar-refractivity contribution in [1.29, 1.82) is 0 Å². The lowest BCUT2D eigenvalue weighted by atomic mass is 10.2. The smallest absolute Gasteiger partial charge is 0.337 e. The first-order valence-electron chi connectivity index (χ1n) is 6.08. The molecule has 3 N–H and O–H groups in total. The minimum absolute atomic E-state index is 0.0295. The van der Waals surface area contributed by atoms with E-state index in [9.17, 15) is 9.59 Å². The largest absolute Gasteiger partial charge is 0.478 e. The second-order valence-corrected chi connectivity index (χ2v) is 4.30. The molecule has 2 aromatic heterocycles. The normalized spacial score (nSPS) is 10.5. The Hall–Kier alpha value is -3.22. The van der Waals surface area contributed by atoms with Crippen molar-refractivity contribution in [2.45, 2.75) is 0 Å². The Balaban J connectivity index is 1.96. The zero-order valence-corrected chi connectivity index (χ0v) is 10.7. The first-order valence-corrected chi connectivity index (χ1v) is 6.08. The first kappa shape index (κ1) is 12.8. The van der Waals surface area contributed by atoms with Crippen LogP contribution in [0.5, 0.6) is 0 Å². The lowest BCUT2D eigenvalue weighted by Gasteiger charge is -2.06. The number of benzene rings is 1. The van der Waals surface area contributed by atoms with Gasteiger partial charge in [-0.1, -0.05) is 18.2 Å². The van der Waals surface area contributed by atoms with Gasteiger partial charge in [-0.3, -0.25) is 14.9 Å². The van der Waals surface area contributed by atoms with Crippen LogP contribution in [0.4, 0.5) is 5.69 Å². The molecule has 0 saturated carbocycles. The molecule has 3 rings (SSSR count). The van der Waals surface area contributed by atoms with E-state index in [0.717, 1.165) is 5.52 Å². The van der Waals surface area contributed by atoms with Gasteiger partial charge in [0.25, 0.3) is 5.91 Å². The predicted octanol–water partition coefficient (Wildman–Crippen LogP) is 1.91. The Morgan fingerprint density at radius 1 is 1.19 bits per heavy atom. The number of pyridine rings is 1. The monoisotopic (exact) mass is 282 g/mol. The van der Waals surface area contributed by atoms with E-state index >= 15 is 0 Å². The molecule has 1 amide bonds. The standard InChI is InChI=1S/C14H10N4O3/c19-13(12-8-3-1-2-4-10(8)17-18-12)16-11-7-15-6-5-9(11)14(20)21/h1-7H,(H,16,19)(H,17,18)(H,20,21). The van der Waals surface area contributed by atoms with E-state index in [4.69, 9.17) is 5.11 Å². The summed E-state index contributed by atoms with van der Waals surface area (Å²) in [4.78, 5) is 27.2. The average Bonchev–Trinajstić information content (AvgIpc) is 2.91. The highest BCUT2D eigenvalue weighted by atomic mass is 16.4. The van der Waals surface area contributed by atoms with Crippen LogP contribution in [0.25, 0.3) is 10.9 Å². The molecule has 2 heterocycles. The van der Waals surface area contributed by atoms with Crippen LogP contribution in [0.3, 0.4) is 0 Å². The van der Waals surface area contributed by atoms with Crippen molar-refractivity contribution in [3.05, 3.63) is 54.0 Å². The summed E-state index contributed by atoms with van der Waals surface area (Å²) in [7, 11) is 0. The fourth-order valence-electron chi connectivity index (χ4n) is 2.00. The number of fused-ring (bicyclic) bond motifs is 1. The summed E-state index contributed by atoms with van der Waals surface area (Å²) in [5.41, 5.74) is 1.03.